The summed E-state index contributed by atoms with van der Waals surface area (Å²) < 4.78 is 102. The summed E-state index contributed by atoms with van der Waals surface area (Å²) in [4.78, 5) is 84.8. The van der Waals surface area contributed by atoms with E-state index >= 15 is 4.39 Å². The maximum atomic E-state index is 16.5. The Bertz CT molecular complexity index is 3250. The molecule has 0 radical (unpaired) electrons. The number of rotatable bonds is 16. The number of phosphoric ester groups is 3. The molecule has 0 bridgehead atoms. The molecule has 70 heavy (non-hydrogen) atoms. The number of nitrogens with one attached hydrogen (secondary N) is 2. The number of halogens is 1. The molecule has 9 rings (SSSR count). The maximum absolute atomic E-state index is 16.5. The van der Waals surface area contributed by atoms with Gasteiger partial charge in [0.2, 0.25) is 17.7 Å². The fourth-order valence-corrected chi connectivity index (χ4v) is 10.9. The van der Waals surface area contributed by atoms with E-state index in [1.165, 1.54) is 17.9 Å². The number of aromatic amines is 2. The van der Waals surface area contributed by atoms with E-state index < -0.39 is 128 Å². The number of phosphoric acid groups is 3. The summed E-state index contributed by atoms with van der Waals surface area (Å²) in [6.45, 7) is -3.40. The number of aliphatic hydroxyl groups excluding tert-OH is 4. The zero-order valence-corrected chi connectivity index (χ0v) is 37.9. The van der Waals surface area contributed by atoms with Crippen molar-refractivity contribution in [3.63, 3.8) is 0 Å². The van der Waals surface area contributed by atoms with Crippen LogP contribution in [0.3, 0.4) is 0 Å². The Morgan fingerprint density at radius 2 is 1.30 bits per heavy atom. The van der Waals surface area contributed by atoms with Crippen LogP contribution < -0.4 is 32.9 Å². The van der Waals surface area contributed by atoms with Crippen LogP contribution in [0.4, 0.5) is 22.1 Å². The number of hydrogen-bond acceptors (Lipinski definition) is 26. The second-order valence-corrected chi connectivity index (χ2v) is 20.1. The molecule has 0 saturated carbocycles. The zero-order chi connectivity index (χ0) is 50.4. The van der Waals surface area contributed by atoms with Crippen LogP contribution in [0, 0.1) is 0 Å². The van der Waals surface area contributed by atoms with Crippen molar-refractivity contribution < 1.29 is 94.4 Å². The number of aliphatic hydroxyl groups is 4. The molecular weight excluding hydrogens is 1010 g/mol. The van der Waals surface area contributed by atoms with Gasteiger partial charge in [-0.15, -0.1) is 0 Å². The number of hydrogen-bond donors (Lipinski definition) is 12. The molecule has 3 saturated heterocycles. The third kappa shape index (κ3) is 9.35. The number of alkyl halides is 1. The number of nitrogens with two attached hydrogens (primary N) is 3. The molecule has 15 atom stereocenters. The van der Waals surface area contributed by atoms with Gasteiger partial charge in [0.1, 0.15) is 60.7 Å². The average molecular weight is 1050 g/mol. The Balaban J connectivity index is 0.867. The van der Waals surface area contributed by atoms with Crippen LogP contribution in [0.15, 0.2) is 34.9 Å². The number of anilines is 3. The quantitative estimate of drug-likeness (QED) is 0.0321. The molecule has 6 aromatic heterocycles. The summed E-state index contributed by atoms with van der Waals surface area (Å²) in [5.41, 5.74) is 15.2. The molecule has 6 aromatic rings. The summed E-state index contributed by atoms with van der Waals surface area (Å²) in [6.07, 6.45) is -17.7. The van der Waals surface area contributed by atoms with Crippen LogP contribution in [-0.4, -0.2) is 164 Å². The second-order valence-electron chi connectivity index (χ2n) is 15.7. The van der Waals surface area contributed by atoms with Crippen molar-refractivity contribution >= 4 is 74.7 Å². The van der Waals surface area contributed by atoms with Crippen molar-refractivity contribution in [1.82, 2.24) is 53.6 Å². The van der Waals surface area contributed by atoms with Crippen LogP contribution >= 0.6 is 23.5 Å². The standard InChI is InChI=1S/C31H39FN15O20P3/c1-44-8-47(24-15(44)26(53)43-31(35)41-24)29-19(51)17(49)10(64-29)3-61-69(56,57)67-70(58,59)62-4-11-20(12(32)27(65-11)45-6-38-13-21(33)36-5-37-22(13)45)66-68(54,55)60-2-9-16(48)18(50)28(63-9)46-7-39-14-23(46)40-30(34)42-25(14)52/h5-12,16-20,27-29,48-51H,2-4H2,1H3,(H10-,33,34,35,36,37,40,41,42,43,52,53,54,55,56,57,58,59)/p+1/t9-,10-,11-,12-,16-,17-,18-,19-,20-,27-,28-,29-/m1/s1. The summed E-state index contributed by atoms with van der Waals surface area (Å²) in [5, 5.41) is 43.1. The van der Waals surface area contributed by atoms with Gasteiger partial charge in [-0.05, 0) is 0 Å². The van der Waals surface area contributed by atoms with Crippen LogP contribution in [0.5, 0.6) is 0 Å². The summed E-state index contributed by atoms with van der Waals surface area (Å²) in [6, 6.07) is 0. The average Bonchev–Trinajstić information content (AvgIpc) is 4.13. The minimum absolute atomic E-state index is 0.00295. The molecule has 9 heterocycles. The lowest BCUT2D eigenvalue weighted by atomic mass is 10.1. The van der Waals surface area contributed by atoms with E-state index in [9.17, 15) is 58.4 Å². The highest BCUT2D eigenvalue weighted by Gasteiger charge is 2.53. The van der Waals surface area contributed by atoms with Gasteiger partial charge >= 0.3 is 29.1 Å². The summed E-state index contributed by atoms with van der Waals surface area (Å²) in [5.74, 6) is -0.749. The molecule has 0 spiro atoms. The Kier molecular flexibility index (Phi) is 13.0. The second kappa shape index (κ2) is 18.4. The third-order valence-corrected chi connectivity index (χ3v) is 14.6. The van der Waals surface area contributed by atoms with Gasteiger partial charge in [-0.3, -0.25) is 51.4 Å². The van der Waals surface area contributed by atoms with Crippen molar-refractivity contribution in [2.24, 2.45) is 7.05 Å². The predicted octanol–water partition coefficient (Wildman–Crippen LogP) is -4.50. The van der Waals surface area contributed by atoms with Gasteiger partial charge < -0.3 is 66.5 Å². The molecule has 0 aliphatic carbocycles. The van der Waals surface area contributed by atoms with Crippen molar-refractivity contribution in [2.75, 3.05) is 37.0 Å². The molecule has 35 nitrogen and oxygen atoms in total. The first-order valence-electron chi connectivity index (χ1n) is 20.0. The minimum Gasteiger partial charge on any atom is -0.387 e. The lowest BCUT2D eigenvalue weighted by Crippen LogP contribution is -2.46. The van der Waals surface area contributed by atoms with Gasteiger partial charge in [-0.25, -0.2) is 42.6 Å². The fourth-order valence-electron chi connectivity index (χ4n) is 7.88. The van der Waals surface area contributed by atoms with E-state index in [1.54, 1.807) is 0 Å². The topological polar surface area (TPSA) is 506 Å². The van der Waals surface area contributed by atoms with Crippen LogP contribution in [0.25, 0.3) is 33.5 Å². The molecule has 3 aliphatic rings. The van der Waals surface area contributed by atoms with Gasteiger partial charge in [0.05, 0.1) is 39.5 Å². The van der Waals surface area contributed by atoms with Gasteiger partial charge in [0, 0.05) is 0 Å². The zero-order valence-electron chi connectivity index (χ0n) is 35.2. The normalized spacial score (nSPS) is 30.9. The Hall–Kier alpha value is -5.33. The number of nitrogen functional groups attached to an aromatic ring is 3. The van der Waals surface area contributed by atoms with E-state index in [2.05, 4.69) is 44.2 Å². The van der Waals surface area contributed by atoms with Crippen molar-refractivity contribution in [3.8, 4) is 0 Å². The Morgan fingerprint density at radius 3 is 2.00 bits per heavy atom. The smallest absolute Gasteiger partial charge is 0.387 e. The first kappa shape index (κ1) is 49.6. The molecule has 39 heteroatoms. The van der Waals surface area contributed by atoms with E-state index in [-0.39, 0.29) is 51.2 Å². The van der Waals surface area contributed by atoms with E-state index in [1.807, 2.05) is 0 Å². The number of H-pyrrole nitrogens is 2. The number of nitrogens with zero attached hydrogens (tertiary/aromatic N) is 10. The number of fused-ring (bicyclic) bond motifs is 3. The third-order valence-electron chi connectivity index (χ3n) is 11.1. The van der Waals surface area contributed by atoms with Gasteiger partial charge in [-0.1, -0.05) is 4.98 Å². The van der Waals surface area contributed by atoms with E-state index in [0.717, 1.165) is 32.7 Å². The van der Waals surface area contributed by atoms with Crippen LogP contribution in [-0.2, 0) is 57.4 Å². The highest BCUT2D eigenvalue weighted by atomic mass is 31.3. The molecular formula is C31H40FN15O20P3+. The minimum atomic E-state index is -5.79. The highest BCUT2D eigenvalue weighted by molar-refractivity contribution is 7.61. The summed E-state index contributed by atoms with van der Waals surface area (Å²) >= 11 is 0. The first-order valence-corrected chi connectivity index (χ1v) is 24.5. The highest BCUT2D eigenvalue weighted by Crippen LogP contribution is 2.61. The molecule has 380 valence electrons. The molecule has 15 N–H and O–H groups in total. The van der Waals surface area contributed by atoms with E-state index in [0.29, 0.717) is 0 Å². The van der Waals surface area contributed by atoms with Gasteiger partial charge in [0.15, 0.2) is 47.6 Å². The molecule has 0 aromatic carbocycles. The van der Waals surface area contributed by atoms with E-state index in [4.69, 9.17) is 49.5 Å². The van der Waals surface area contributed by atoms with Crippen LogP contribution in [0.1, 0.15) is 18.7 Å². The van der Waals surface area contributed by atoms with Gasteiger partial charge in [-0.2, -0.15) is 9.29 Å². The number of aromatic nitrogens is 12. The largest absolute Gasteiger partial charge is 0.481 e. The first-order chi connectivity index (χ1) is 32.9. The number of aryl methyl sites for hydroxylation is 1. The predicted molar refractivity (Wildman–Crippen MR) is 222 cm³/mol. The Morgan fingerprint density at radius 1 is 0.729 bits per heavy atom. The molecule has 3 aliphatic heterocycles. The number of ether oxygens (including phenoxy) is 3. The molecule has 3 unspecified atom stereocenters. The van der Waals surface area contributed by atoms with Gasteiger partial charge in [0.25, 0.3) is 17.1 Å². The fraction of sp³-hybridized carbons (Fsp3) is 0.516. The SMILES string of the molecule is Cn1c[n+]([C@@H]2O[C@H](COP(=O)(O)OP(=O)(O)OC[C@H]3O[C@@H](n4cnc5c(N)ncnc54)[C@H](F)[C@@H]3OP(=O)(O)OC[C@H]3O[C@@H](n4cnc5c(=O)[nH]c(N)nc54)[C@H](O)[C@@H]3O)[C@@H](O)[C@H]2O)c2nc(N)[nH]c(=O)c21. The lowest BCUT2D eigenvalue weighted by molar-refractivity contribution is -0.745. The van der Waals surface area contributed by atoms with Crippen molar-refractivity contribution in [1.29, 1.82) is 0 Å². The van der Waals surface area contributed by atoms with Crippen LogP contribution in [0.2, 0.25) is 0 Å². The monoisotopic (exact) mass is 1050 g/mol. The lowest BCUT2D eigenvalue weighted by Gasteiger charge is -2.24. The number of imidazole rings is 3. The molecule has 3 fully saturated rings. The maximum Gasteiger partial charge on any atom is 0.481 e. The molecule has 0 amide bonds. The Labute approximate surface area is 385 Å². The van der Waals surface area contributed by atoms with Crippen molar-refractivity contribution in [2.45, 2.75) is 73.7 Å². The van der Waals surface area contributed by atoms with Crippen molar-refractivity contribution in [3.05, 3.63) is 46.0 Å². The summed E-state index contributed by atoms with van der Waals surface area (Å²) in [7, 11) is -15.6.